The molecular formula is C15H25N2O4S+. The fraction of sp³-hybridized carbons (Fsp3) is 0.600. The van der Waals surface area contributed by atoms with Crippen molar-refractivity contribution in [3.05, 3.63) is 23.8 Å². The van der Waals surface area contributed by atoms with E-state index in [9.17, 15) is 8.42 Å². The summed E-state index contributed by atoms with van der Waals surface area (Å²) >= 11 is 0. The van der Waals surface area contributed by atoms with Gasteiger partial charge in [0, 0.05) is 13.0 Å². The normalized spacial score (nSPS) is 16.6. The minimum absolute atomic E-state index is 0.203. The predicted octanol–water partition coefficient (Wildman–Crippen LogP) is -0.413. The maximum absolute atomic E-state index is 12.4. The van der Waals surface area contributed by atoms with Gasteiger partial charge in [0.05, 0.1) is 26.9 Å². The Morgan fingerprint density at radius 2 is 2.05 bits per heavy atom. The van der Waals surface area contributed by atoms with Crippen LogP contribution in [0.5, 0.6) is 5.75 Å². The van der Waals surface area contributed by atoms with Crippen LogP contribution in [0.3, 0.4) is 0 Å². The molecule has 1 aromatic rings. The number of sulfonamides is 1. The average molecular weight is 329 g/mol. The van der Waals surface area contributed by atoms with Gasteiger partial charge >= 0.3 is 0 Å². The lowest BCUT2D eigenvalue weighted by molar-refractivity contribution is -0.908. The highest BCUT2D eigenvalue weighted by atomic mass is 32.2. The molecule has 0 amide bonds. The molecule has 0 unspecified atom stereocenters. The van der Waals surface area contributed by atoms with Crippen LogP contribution in [0.4, 0.5) is 0 Å². The minimum atomic E-state index is -3.54. The molecule has 22 heavy (non-hydrogen) atoms. The van der Waals surface area contributed by atoms with Gasteiger partial charge in [-0.05, 0) is 24.6 Å². The number of quaternary nitrogens is 1. The molecule has 0 radical (unpaired) electrons. The van der Waals surface area contributed by atoms with Crippen molar-refractivity contribution < 1.29 is 22.8 Å². The highest BCUT2D eigenvalue weighted by molar-refractivity contribution is 7.89. The molecule has 0 bridgehead atoms. The smallest absolute Gasteiger partial charge is 0.244 e. The van der Waals surface area contributed by atoms with Crippen molar-refractivity contribution in [2.75, 3.05) is 46.5 Å². The first-order chi connectivity index (χ1) is 10.5. The quantitative estimate of drug-likeness (QED) is 0.667. The zero-order valence-corrected chi connectivity index (χ0v) is 14.0. The lowest BCUT2D eigenvalue weighted by Gasteiger charge is -2.23. The van der Waals surface area contributed by atoms with Crippen LogP contribution < -0.4 is 14.4 Å². The summed E-state index contributed by atoms with van der Waals surface area (Å²) in [4.78, 5) is 1.67. The number of morpholine rings is 1. The van der Waals surface area contributed by atoms with Crippen LogP contribution in [0.15, 0.2) is 23.1 Å². The van der Waals surface area contributed by atoms with Gasteiger partial charge in [0.2, 0.25) is 10.0 Å². The molecule has 1 saturated heterocycles. The van der Waals surface area contributed by atoms with E-state index in [1.807, 2.05) is 13.0 Å². The molecule has 1 aliphatic heterocycles. The van der Waals surface area contributed by atoms with Crippen LogP contribution in [-0.2, 0) is 14.8 Å². The summed E-state index contributed by atoms with van der Waals surface area (Å²) in [6.45, 7) is 6.83. The lowest BCUT2D eigenvalue weighted by Crippen LogP contribution is -3.14. The number of nitrogens with one attached hydrogen (secondary N) is 2. The van der Waals surface area contributed by atoms with Crippen molar-refractivity contribution >= 4 is 10.0 Å². The molecule has 0 saturated carbocycles. The van der Waals surface area contributed by atoms with Crippen molar-refractivity contribution in [1.82, 2.24) is 4.72 Å². The van der Waals surface area contributed by atoms with Crippen molar-refractivity contribution in [2.45, 2.75) is 18.2 Å². The average Bonchev–Trinajstić information content (AvgIpc) is 2.52. The molecule has 0 atom stereocenters. The van der Waals surface area contributed by atoms with Gasteiger partial charge < -0.3 is 14.4 Å². The third-order valence-corrected chi connectivity index (χ3v) is 5.29. The van der Waals surface area contributed by atoms with Crippen LogP contribution in [0.2, 0.25) is 0 Å². The van der Waals surface area contributed by atoms with Gasteiger partial charge in [0.15, 0.2) is 0 Å². The summed E-state index contributed by atoms with van der Waals surface area (Å²) in [5.74, 6) is 0.372. The molecule has 0 aliphatic carbocycles. The van der Waals surface area contributed by atoms with E-state index in [4.69, 9.17) is 9.47 Å². The molecule has 2 rings (SSSR count). The van der Waals surface area contributed by atoms with Crippen molar-refractivity contribution in [1.29, 1.82) is 0 Å². The van der Waals surface area contributed by atoms with E-state index in [2.05, 4.69) is 4.72 Å². The minimum Gasteiger partial charge on any atom is -0.495 e. The van der Waals surface area contributed by atoms with Gasteiger partial charge in [0.1, 0.15) is 23.7 Å². The Kier molecular flexibility index (Phi) is 6.19. The van der Waals surface area contributed by atoms with E-state index in [1.165, 1.54) is 12.0 Å². The van der Waals surface area contributed by atoms with E-state index in [-0.39, 0.29) is 4.90 Å². The third kappa shape index (κ3) is 4.67. The van der Waals surface area contributed by atoms with E-state index in [0.717, 1.165) is 44.8 Å². The number of hydrogen-bond acceptors (Lipinski definition) is 4. The van der Waals surface area contributed by atoms with Crippen LogP contribution >= 0.6 is 0 Å². The summed E-state index contributed by atoms with van der Waals surface area (Å²) in [5, 5.41) is 0. The van der Waals surface area contributed by atoms with Gasteiger partial charge in [-0.15, -0.1) is 0 Å². The van der Waals surface area contributed by atoms with Crippen molar-refractivity contribution in [2.24, 2.45) is 0 Å². The number of aryl methyl sites for hydroxylation is 1. The van der Waals surface area contributed by atoms with Gasteiger partial charge in [-0.1, -0.05) is 6.07 Å². The molecular weight excluding hydrogens is 304 g/mol. The first-order valence-corrected chi connectivity index (χ1v) is 9.07. The van der Waals surface area contributed by atoms with Crippen molar-refractivity contribution in [3.8, 4) is 5.75 Å². The molecule has 1 aromatic carbocycles. The highest BCUT2D eigenvalue weighted by Crippen LogP contribution is 2.24. The third-order valence-electron chi connectivity index (χ3n) is 3.81. The molecule has 0 spiro atoms. The molecule has 7 heteroatoms. The predicted molar refractivity (Wildman–Crippen MR) is 83.9 cm³/mol. The molecule has 124 valence electrons. The van der Waals surface area contributed by atoms with Crippen LogP contribution in [0.25, 0.3) is 0 Å². The fourth-order valence-corrected chi connectivity index (χ4v) is 3.85. The molecule has 6 nitrogen and oxygen atoms in total. The first kappa shape index (κ1) is 17.2. The molecule has 1 heterocycles. The summed E-state index contributed by atoms with van der Waals surface area (Å²) in [6, 6.07) is 5.15. The number of ether oxygens (including phenoxy) is 2. The number of methoxy groups -OCH3 is 1. The van der Waals surface area contributed by atoms with E-state index in [1.54, 1.807) is 12.1 Å². The largest absolute Gasteiger partial charge is 0.495 e. The van der Waals surface area contributed by atoms with E-state index >= 15 is 0 Å². The fourth-order valence-electron chi connectivity index (χ4n) is 2.53. The molecule has 1 aliphatic rings. The lowest BCUT2D eigenvalue weighted by atomic mass is 10.2. The monoisotopic (exact) mass is 329 g/mol. The summed E-state index contributed by atoms with van der Waals surface area (Å²) < 4.78 is 37.9. The topological polar surface area (TPSA) is 69.1 Å². The molecule has 2 N–H and O–H groups in total. The zero-order valence-electron chi connectivity index (χ0n) is 13.2. The van der Waals surface area contributed by atoms with Crippen LogP contribution in [0, 0.1) is 6.92 Å². The second-order valence-corrected chi connectivity index (χ2v) is 7.25. The van der Waals surface area contributed by atoms with Gasteiger partial charge in [-0.2, -0.15) is 0 Å². The molecule has 1 fully saturated rings. The zero-order chi connectivity index (χ0) is 16.0. The van der Waals surface area contributed by atoms with E-state index < -0.39 is 10.0 Å². The first-order valence-electron chi connectivity index (χ1n) is 7.58. The van der Waals surface area contributed by atoms with Crippen molar-refractivity contribution in [3.63, 3.8) is 0 Å². The van der Waals surface area contributed by atoms with E-state index in [0.29, 0.717) is 12.3 Å². The molecule has 0 aromatic heterocycles. The Labute approximate surface area is 132 Å². The number of benzene rings is 1. The van der Waals surface area contributed by atoms with Gasteiger partial charge in [-0.3, -0.25) is 0 Å². The Balaban J connectivity index is 1.89. The van der Waals surface area contributed by atoms with Crippen LogP contribution in [-0.4, -0.2) is 54.9 Å². The van der Waals surface area contributed by atoms with Gasteiger partial charge in [-0.25, -0.2) is 13.1 Å². The van der Waals surface area contributed by atoms with Gasteiger partial charge in [0.25, 0.3) is 0 Å². The Bertz CT molecular complexity index is 583. The Hall–Kier alpha value is -1.15. The number of hydrogen-bond donors (Lipinski definition) is 2. The maximum Gasteiger partial charge on any atom is 0.244 e. The Morgan fingerprint density at radius 1 is 1.32 bits per heavy atom. The Morgan fingerprint density at radius 3 is 2.73 bits per heavy atom. The second kappa shape index (κ2) is 7.92. The van der Waals surface area contributed by atoms with Crippen LogP contribution in [0.1, 0.15) is 12.0 Å². The number of rotatable bonds is 7. The maximum atomic E-state index is 12.4. The standard InChI is InChI=1S/C15H24N2O4S/c1-13-4-5-14(20-2)15(12-13)22(18,19)16-6-3-7-17-8-10-21-11-9-17/h4-5,12,16H,3,6-11H2,1-2H3/p+1. The summed E-state index contributed by atoms with van der Waals surface area (Å²) in [6.07, 6.45) is 0.808. The highest BCUT2D eigenvalue weighted by Gasteiger charge is 2.20. The SMILES string of the molecule is COc1ccc(C)cc1S(=O)(=O)NCCC[NH+]1CCOCC1. The summed E-state index contributed by atoms with van der Waals surface area (Å²) in [5.41, 5.74) is 0.888. The summed E-state index contributed by atoms with van der Waals surface area (Å²) in [7, 11) is -2.06. The second-order valence-electron chi connectivity index (χ2n) is 5.52.